The molecular formula is C34H66F2. The number of hydrogen-bond donors (Lipinski definition) is 0. The van der Waals surface area contributed by atoms with Gasteiger partial charge in [0.05, 0.1) is 0 Å². The van der Waals surface area contributed by atoms with Crippen LogP contribution in [0.1, 0.15) is 163 Å². The molecule has 216 valence electrons. The van der Waals surface area contributed by atoms with Crippen molar-refractivity contribution >= 4 is 0 Å². The quantitative estimate of drug-likeness (QED) is 0.303. The minimum Gasteiger partial charge on any atom is -0.206 e. The van der Waals surface area contributed by atoms with E-state index in [0.29, 0.717) is 32.5 Å². The molecule has 0 aromatic heterocycles. The summed E-state index contributed by atoms with van der Waals surface area (Å²) in [4.78, 5) is 0. The van der Waals surface area contributed by atoms with Crippen molar-refractivity contribution in [2.45, 2.75) is 169 Å². The Morgan fingerprint density at radius 2 is 0.611 bits per heavy atom. The second kappa shape index (κ2) is 9.21. The van der Waals surface area contributed by atoms with Crippen LogP contribution in [-0.2, 0) is 0 Å². The maximum atomic E-state index is 13.4. The third kappa shape index (κ3) is 5.73. The molecule has 0 aliphatic heterocycles. The third-order valence-corrected chi connectivity index (χ3v) is 11.2. The van der Waals surface area contributed by atoms with E-state index in [1.165, 1.54) is 32.1 Å². The van der Waals surface area contributed by atoms with Crippen molar-refractivity contribution in [3.05, 3.63) is 0 Å². The second-order valence-electron chi connectivity index (χ2n) is 18.8. The van der Waals surface area contributed by atoms with Crippen LogP contribution in [0.25, 0.3) is 0 Å². The summed E-state index contributed by atoms with van der Waals surface area (Å²) < 4.78 is 26.9. The minimum absolute atomic E-state index is 0.0486. The number of halogens is 2. The van der Waals surface area contributed by atoms with Crippen LogP contribution in [0.4, 0.5) is 8.78 Å². The molecule has 3 fully saturated rings. The van der Waals surface area contributed by atoms with Gasteiger partial charge in [0.1, 0.15) is 0 Å². The van der Waals surface area contributed by atoms with Crippen molar-refractivity contribution in [3.8, 4) is 0 Å². The highest BCUT2D eigenvalue weighted by molar-refractivity contribution is 5.20. The first-order valence-corrected chi connectivity index (χ1v) is 14.7. The monoisotopic (exact) mass is 513 g/mol. The van der Waals surface area contributed by atoms with Gasteiger partial charge in [-0.2, -0.15) is 0 Å². The molecule has 0 aromatic rings. The minimum atomic E-state index is -2.47. The van der Waals surface area contributed by atoms with Crippen LogP contribution in [-0.4, -0.2) is 5.92 Å². The Morgan fingerprint density at radius 3 is 0.611 bits per heavy atom. The molecule has 2 heteroatoms. The highest BCUT2D eigenvalue weighted by atomic mass is 19.3. The van der Waals surface area contributed by atoms with E-state index < -0.39 is 11.3 Å². The van der Waals surface area contributed by atoms with Crippen LogP contribution in [0.3, 0.4) is 0 Å². The molecule has 0 amide bonds. The van der Waals surface area contributed by atoms with Crippen LogP contribution in [0, 0.1) is 48.7 Å². The summed E-state index contributed by atoms with van der Waals surface area (Å²) >= 11 is 0. The van der Waals surface area contributed by atoms with Crippen LogP contribution in [0.5, 0.6) is 0 Å². The predicted molar refractivity (Wildman–Crippen MR) is 157 cm³/mol. The molecule has 3 aliphatic carbocycles. The molecule has 3 saturated carbocycles. The predicted octanol–water partition coefficient (Wildman–Crippen LogP) is 12.2. The van der Waals surface area contributed by atoms with E-state index in [1.54, 1.807) is 0 Å². The zero-order valence-corrected chi connectivity index (χ0v) is 28.0. The van der Waals surface area contributed by atoms with Gasteiger partial charge < -0.3 is 0 Å². The molecule has 0 N–H and O–H groups in total. The maximum Gasteiger partial charge on any atom is 0.255 e. The van der Waals surface area contributed by atoms with Crippen molar-refractivity contribution in [3.63, 3.8) is 0 Å². The zero-order valence-electron chi connectivity index (χ0n) is 28.0. The molecular weight excluding hydrogens is 446 g/mol. The molecule has 3 rings (SSSR count). The SMILES string of the molecule is CC(C)(C)C1(C(C)(C)C)CC1.CC(C)(C)C1(C(C)(C)C)CC1(F)F.CC(C)(C)C1(C(C)(C)C)CCC1. The highest BCUT2D eigenvalue weighted by Crippen LogP contribution is 2.76. The first-order chi connectivity index (χ1) is 15.4. The van der Waals surface area contributed by atoms with Crippen LogP contribution in [0.15, 0.2) is 0 Å². The molecule has 0 unspecified atom stereocenters. The Hall–Kier alpha value is -0.140. The van der Waals surface area contributed by atoms with Gasteiger partial charge in [-0.05, 0) is 69.0 Å². The van der Waals surface area contributed by atoms with E-state index in [0.717, 1.165) is 0 Å². The fraction of sp³-hybridized carbons (Fsp3) is 1.00. The Bertz CT molecular complexity index is 688. The van der Waals surface area contributed by atoms with Gasteiger partial charge in [0, 0.05) is 11.8 Å². The first-order valence-electron chi connectivity index (χ1n) is 14.7. The molecule has 0 bridgehead atoms. The third-order valence-electron chi connectivity index (χ3n) is 11.2. The lowest BCUT2D eigenvalue weighted by molar-refractivity contribution is -0.100. The molecule has 0 spiro atoms. The van der Waals surface area contributed by atoms with E-state index >= 15 is 0 Å². The van der Waals surface area contributed by atoms with Gasteiger partial charge in [0.2, 0.25) is 0 Å². The Labute approximate surface area is 226 Å². The summed E-state index contributed by atoms with van der Waals surface area (Å²) in [6.07, 6.45) is 7.21. The normalized spacial score (nSPS) is 24.3. The van der Waals surface area contributed by atoms with Gasteiger partial charge in [-0.15, -0.1) is 0 Å². The Morgan fingerprint density at radius 1 is 0.389 bits per heavy atom. The van der Waals surface area contributed by atoms with E-state index in [1.807, 2.05) is 41.5 Å². The number of hydrogen-bond acceptors (Lipinski definition) is 0. The van der Waals surface area contributed by atoms with Crippen molar-refractivity contribution in [1.29, 1.82) is 0 Å². The summed E-state index contributed by atoms with van der Waals surface area (Å²) in [6, 6.07) is 0. The van der Waals surface area contributed by atoms with E-state index in [9.17, 15) is 8.78 Å². The molecule has 0 radical (unpaired) electrons. The summed E-state index contributed by atoms with van der Waals surface area (Å²) in [6.45, 7) is 40.2. The molecule has 36 heavy (non-hydrogen) atoms. The van der Waals surface area contributed by atoms with Crippen molar-refractivity contribution < 1.29 is 8.78 Å². The van der Waals surface area contributed by atoms with E-state index in [2.05, 4.69) is 83.1 Å². The summed E-state index contributed by atoms with van der Waals surface area (Å²) in [5.41, 5.74) is 1.69. The molecule has 0 atom stereocenters. The fourth-order valence-electron chi connectivity index (χ4n) is 8.95. The van der Waals surface area contributed by atoms with Gasteiger partial charge in [0.15, 0.2) is 0 Å². The largest absolute Gasteiger partial charge is 0.255 e. The van der Waals surface area contributed by atoms with E-state index in [-0.39, 0.29) is 17.3 Å². The average Bonchev–Trinajstić information content (AvgIpc) is 3.33. The van der Waals surface area contributed by atoms with Crippen LogP contribution in [0.2, 0.25) is 0 Å². The molecule has 0 nitrogen and oxygen atoms in total. The summed E-state index contributed by atoms with van der Waals surface area (Å²) in [5.74, 6) is -2.47. The van der Waals surface area contributed by atoms with Gasteiger partial charge in [-0.3, -0.25) is 0 Å². The smallest absolute Gasteiger partial charge is 0.206 e. The fourth-order valence-corrected chi connectivity index (χ4v) is 8.95. The van der Waals surface area contributed by atoms with Crippen LogP contribution >= 0.6 is 0 Å². The number of alkyl halides is 2. The lowest BCUT2D eigenvalue weighted by Gasteiger charge is -2.60. The van der Waals surface area contributed by atoms with Gasteiger partial charge >= 0.3 is 0 Å². The Kier molecular flexibility index (Phi) is 8.67. The van der Waals surface area contributed by atoms with Crippen LogP contribution < -0.4 is 0 Å². The topological polar surface area (TPSA) is 0 Å². The van der Waals surface area contributed by atoms with Crippen molar-refractivity contribution in [2.24, 2.45) is 48.7 Å². The van der Waals surface area contributed by atoms with Crippen molar-refractivity contribution in [1.82, 2.24) is 0 Å². The van der Waals surface area contributed by atoms with Crippen molar-refractivity contribution in [2.75, 3.05) is 0 Å². The second-order valence-corrected chi connectivity index (χ2v) is 18.8. The standard InChI is InChI=1S/C12H24.C11H20F2.C11H22/c1-10(2,3)12(8-7-9-12)11(4,5)6;1-8(2,3)10(9(4,5)6)7-11(10,12)13;1-9(2,3)11(7-8-11)10(4,5)6/h7-9H2,1-6H3;7H2,1-6H3;7-8H2,1-6H3. The lowest BCUT2D eigenvalue weighted by Crippen LogP contribution is -2.51. The molecule has 3 aliphatic rings. The molecule has 0 saturated heterocycles. The van der Waals surface area contributed by atoms with Gasteiger partial charge in [-0.1, -0.05) is 131 Å². The molecule has 0 heterocycles. The zero-order chi connectivity index (χ0) is 29.2. The lowest BCUT2D eigenvalue weighted by atomic mass is 9.45. The summed E-state index contributed by atoms with van der Waals surface area (Å²) in [5, 5.41) is 0. The average molecular weight is 513 g/mol. The summed E-state index contributed by atoms with van der Waals surface area (Å²) in [7, 11) is 0. The van der Waals surface area contributed by atoms with Gasteiger partial charge in [-0.25, -0.2) is 8.78 Å². The highest BCUT2D eigenvalue weighted by Gasteiger charge is 2.79. The Balaban J connectivity index is 0.000000271. The molecule has 0 aromatic carbocycles. The van der Waals surface area contributed by atoms with Gasteiger partial charge in [0.25, 0.3) is 5.92 Å². The number of rotatable bonds is 0. The van der Waals surface area contributed by atoms with E-state index in [4.69, 9.17) is 0 Å². The first kappa shape index (κ1) is 33.9. The maximum absolute atomic E-state index is 13.4.